The second-order valence-electron chi connectivity index (χ2n) is 7.52. The number of ether oxygens (including phenoxy) is 1. The molecule has 3 aromatic rings. The molecule has 0 radical (unpaired) electrons. The molecular formula is C21H22FN3O6S. The van der Waals surface area contributed by atoms with Crippen molar-refractivity contribution in [3.8, 4) is 17.0 Å². The number of aromatic nitrogens is 2. The number of sulfone groups is 1. The standard InChI is InChI=1S/C21H22FN3O6S/c1-21(20(27)24-28,32(3,29)30)8-9-25-12-17(22)16-10-13(4-6-15(16)19(25)26)14-5-7-18(31-2)23-11-14/h4-7,10-12,28H,8-9H2,1-3H3,(H,24,27). The van der Waals surface area contributed by atoms with Gasteiger partial charge in [-0.15, -0.1) is 0 Å². The van der Waals surface area contributed by atoms with Gasteiger partial charge in [-0.1, -0.05) is 6.07 Å². The van der Waals surface area contributed by atoms with Gasteiger partial charge in [0.2, 0.25) is 5.88 Å². The maximum atomic E-state index is 14.9. The van der Waals surface area contributed by atoms with Gasteiger partial charge in [-0.05, 0) is 37.1 Å². The van der Waals surface area contributed by atoms with Crippen molar-refractivity contribution < 1.29 is 27.5 Å². The summed E-state index contributed by atoms with van der Waals surface area (Å²) in [6.45, 7) is 0.873. The van der Waals surface area contributed by atoms with Crippen LogP contribution in [0.15, 0.2) is 47.5 Å². The summed E-state index contributed by atoms with van der Waals surface area (Å²) in [6, 6.07) is 8.07. The van der Waals surface area contributed by atoms with E-state index >= 15 is 0 Å². The summed E-state index contributed by atoms with van der Waals surface area (Å²) >= 11 is 0. The molecule has 0 bridgehead atoms. The molecule has 1 aromatic carbocycles. The van der Waals surface area contributed by atoms with Crippen LogP contribution < -0.4 is 15.8 Å². The number of hydroxylamine groups is 1. The lowest BCUT2D eigenvalue weighted by molar-refractivity contribution is -0.131. The molecule has 0 aliphatic carbocycles. The molecular weight excluding hydrogens is 441 g/mol. The van der Waals surface area contributed by atoms with Gasteiger partial charge >= 0.3 is 0 Å². The number of benzene rings is 1. The minimum Gasteiger partial charge on any atom is -0.481 e. The van der Waals surface area contributed by atoms with Crippen molar-refractivity contribution in [1.82, 2.24) is 15.0 Å². The van der Waals surface area contributed by atoms with Crippen LogP contribution in [0.4, 0.5) is 4.39 Å². The number of amides is 1. The number of fused-ring (bicyclic) bond motifs is 1. The van der Waals surface area contributed by atoms with E-state index in [1.807, 2.05) is 0 Å². The first-order valence-corrected chi connectivity index (χ1v) is 11.4. The topological polar surface area (TPSA) is 128 Å². The smallest absolute Gasteiger partial charge is 0.264 e. The second-order valence-corrected chi connectivity index (χ2v) is 9.96. The highest BCUT2D eigenvalue weighted by Crippen LogP contribution is 2.26. The van der Waals surface area contributed by atoms with E-state index in [0.717, 1.165) is 23.9 Å². The van der Waals surface area contributed by atoms with E-state index in [1.165, 1.54) is 24.7 Å². The molecule has 11 heteroatoms. The van der Waals surface area contributed by atoms with Gasteiger partial charge in [-0.3, -0.25) is 14.8 Å². The number of carbonyl (C=O) groups excluding carboxylic acids is 1. The van der Waals surface area contributed by atoms with Crippen LogP contribution in [0.5, 0.6) is 5.88 Å². The molecule has 0 aliphatic heterocycles. The van der Waals surface area contributed by atoms with Gasteiger partial charge in [0.25, 0.3) is 11.5 Å². The number of nitrogens with one attached hydrogen (secondary N) is 1. The van der Waals surface area contributed by atoms with Crippen molar-refractivity contribution in [1.29, 1.82) is 0 Å². The van der Waals surface area contributed by atoms with Crippen LogP contribution in [0.1, 0.15) is 13.3 Å². The molecule has 1 atom stereocenters. The van der Waals surface area contributed by atoms with Crippen molar-refractivity contribution in [3.05, 3.63) is 58.9 Å². The molecule has 1 amide bonds. The van der Waals surface area contributed by atoms with E-state index in [2.05, 4.69) is 4.98 Å². The summed E-state index contributed by atoms with van der Waals surface area (Å²) in [5.41, 5.74) is 2.15. The average Bonchev–Trinajstić information content (AvgIpc) is 2.78. The van der Waals surface area contributed by atoms with Gasteiger partial charge in [-0.25, -0.2) is 23.3 Å². The first-order valence-electron chi connectivity index (χ1n) is 9.49. The molecule has 0 saturated heterocycles. The van der Waals surface area contributed by atoms with Crippen LogP contribution >= 0.6 is 0 Å². The van der Waals surface area contributed by atoms with E-state index in [9.17, 15) is 22.4 Å². The molecule has 2 heterocycles. The van der Waals surface area contributed by atoms with Crippen molar-refractivity contribution >= 4 is 26.5 Å². The number of methoxy groups -OCH3 is 1. The summed E-state index contributed by atoms with van der Waals surface area (Å²) in [7, 11) is -2.46. The zero-order valence-corrected chi connectivity index (χ0v) is 18.4. The Bertz CT molecular complexity index is 1340. The fraction of sp³-hybridized carbons (Fsp3) is 0.286. The molecule has 2 aromatic heterocycles. The van der Waals surface area contributed by atoms with Crippen molar-refractivity contribution in [3.63, 3.8) is 0 Å². The molecule has 9 nitrogen and oxygen atoms in total. The van der Waals surface area contributed by atoms with Gasteiger partial charge in [-0.2, -0.15) is 0 Å². The first kappa shape index (κ1) is 23.4. The van der Waals surface area contributed by atoms with E-state index in [1.54, 1.807) is 24.4 Å². The Hall–Kier alpha value is -3.31. The monoisotopic (exact) mass is 463 g/mol. The highest BCUT2D eigenvalue weighted by atomic mass is 32.2. The minimum absolute atomic E-state index is 0.0959. The van der Waals surface area contributed by atoms with Gasteiger partial charge in [0.05, 0.1) is 12.5 Å². The summed E-state index contributed by atoms with van der Waals surface area (Å²) in [5, 5.41) is 9.11. The predicted molar refractivity (Wildman–Crippen MR) is 116 cm³/mol. The first-order chi connectivity index (χ1) is 15.0. The number of carbonyl (C=O) groups is 1. The van der Waals surface area contributed by atoms with Gasteiger partial charge < -0.3 is 9.30 Å². The van der Waals surface area contributed by atoms with Gasteiger partial charge in [0, 0.05) is 42.2 Å². The van der Waals surface area contributed by atoms with Crippen LogP contribution in [0.2, 0.25) is 0 Å². The third-order valence-corrected chi connectivity index (χ3v) is 7.57. The fourth-order valence-electron chi connectivity index (χ4n) is 3.28. The highest BCUT2D eigenvalue weighted by Gasteiger charge is 2.43. The predicted octanol–water partition coefficient (Wildman–Crippen LogP) is 1.91. The normalized spacial score (nSPS) is 13.5. The maximum absolute atomic E-state index is 14.9. The van der Waals surface area contributed by atoms with Crippen LogP contribution in [0.3, 0.4) is 0 Å². The largest absolute Gasteiger partial charge is 0.481 e. The Morgan fingerprint density at radius 1 is 1.25 bits per heavy atom. The maximum Gasteiger partial charge on any atom is 0.264 e. The summed E-state index contributed by atoms with van der Waals surface area (Å²) in [4.78, 5) is 29.0. The number of hydrogen-bond donors (Lipinski definition) is 2. The SMILES string of the molecule is COc1ccc(-c2ccc3c(=O)n(CCC(C)(C(=O)NO)S(C)(=O)=O)cc(F)c3c2)cn1. The van der Waals surface area contributed by atoms with E-state index in [0.29, 0.717) is 17.0 Å². The molecule has 2 N–H and O–H groups in total. The lowest BCUT2D eigenvalue weighted by atomic mass is 10.0. The third kappa shape index (κ3) is 4.21. The van der Waals surface area contributed by atoms with Crippen molar-refractivity contribution in [2.24, 2.45) is 0 Å². The fourth-order valence-corrected chi connectivity index (χ4v) is 4.13. The molecule has 170 valence electrons. The second kappa shape index (κ2) is 8.67. The third-order valence-electron chi connectivity index (χ3n) is 5.55. The Morgan fingerprint density at radius 3 is 2.50 bits per heavy atom. The molecule has 0 aliphatic rings. The van der Waals surface area contributed by atoms with Crippen LogP contribution in [-0.2, 0) is 21.2 Å². The molecule has 0 fully saturated rings. The Labute approximate surface area is 183 Å². The summed E-state index contributed by atoms with van der Waals surface area (Å²) in [6.07, 6.45) is 3.04. The average molecular weight is 463 g/mol. The lowest BCUT2D eigenvalue weighted by Crippen LogP contribution is -2.50. The Morgan fingerprint density at radius 2 is 1.94 bits per heavy atom. The number of aryl methyl sites for hydroxylation is 1. The lowest BCUT2D eigenvalue weighted by Gasteiger charge is -2.25. The quantitative estimate of drug-likeness (QED) is 0.405. The van der Waals surface area contributed by atoms with Crippen molar-refractivity contribution in [2.75, 3.05) is 13.4 Å². The molecule has 0 saturated carbocycles. The molecule has 0 spiro atoms. The Kier molecular flexibility index (Phi) is 6.33. The number of rotatable bonds is 7. The van der Waals surface area contributed by atoms with Crippen molar-refractivity contribution in [2.45, 2.75) is 24.6 Å². The van der Waals surface area contributed by atoms with E-state index < -0.39 is 31.9 Å². The van der Waals surface area contributed by atoms with Crippen LogP contribution in [-0.4, -0.2) is 47.2 Å². The van der Waals surface area contributed by atoms with Gasteiger partial charge in [0.1, 0.15) is 5.82 Å². The van der Waals surface area contributed by atoms with E-state index in [4.69, 9.17) is 9.94 Å². The van der Waals surface area contributed by atoms with Crippen LogP contribution in [0, 0.1) is 5.82 Å². The summed E-state index contributed by atoms with van der Waals surface area (Å²) in [5.74, 6) is -1.39. The molecule has 1 unspecified atom stereocenters. The van der Waals surface area contributed by atoms with Gasteiger partial charge in [0.15, 0.2) is 14.6 Å². The number of nitrogens with zero attached hydrogens (tertiary/aromatic N) is 2. The zero-order chi connectivity index (χ0) is 23.7. The Balaban J connectivity index is 1.99. The molecule has 3 rings (SSSR count). The number of hydrogen-bond acceptors (Lipinski definition) is 7. The molecule has 32 heavy (non-hydrogen) atoms. The number of halogens is 1. The summed E-state index contributed by atoms with van der Waals surface area (Å²) < 4.78 is 43.1. The highest BCUT2D eigenvalue weighted by molar-refractivity contribution is 7.92. The zero-order valence-electron chi connectivity index (χ0n) is 17.6. The minimum atomic E-state index is -3.95. The number of pyridine rings is 2. The van der Waals surface area contributed by atoms with E-state index in [-0.39, 0.29) is 23.7 Å². The van der Waals surface area contributed by atoms with Crippen LogP contribution in [0.25, 0.3) is 21.9 Å².